The summed E-state index contributed by atoms with van der Waals surface area (Å²) in [6.07, 6.45) is -0.262. The standard InChI is InChI=1S/C53H41N5/c1-34-30-35(2)50-46(31-34)45-33-40(39-24-28-48-44(32-39)43-20-12-13-21-47(43)57(48)41-18-10-5-11-19-41)25-29-49(45)58(50)42-26-22-38(23-27-42)53-55-51(36-14-6-3-7-15-36)54-52(56-53)37-16-8-4-9-17-37/h3-33,51-52,54H,1-2H3,(H,55,56). The van der Waals surface area contributed by atoms with E-state index < -0.39 is 0 Å². The van der Waals surface area contributed by atoms with Crippen molar-refractivity contribution >= 4 is 49.4 Å². The summed E-state index contributed by atoms with van der Waals surface area (Å²) in [7, 11) is 0. The first-order chi connectivity index (χ1) is 28.6. The Morgan fingerprint density at radius 1 is 0.448 bits per heavy atom. The molecule has 2 atom stereocenters. The molecule has 8 aromatic carbocycles. The molecule has 10 aromatic rings. The number of benzene rings is 8. The largest absolute Gasteiger partial charge is 0.350 e. The van der Waals surface area contributed by atoms with Crippen LogP contribution >= 0.6 is 0 Å². The molecule has 2 N–H and O–H groups in total. The SMILES string of the molecule is Cc1cc(C)c2c(c1)c1cc(-c3ccc4c(c3)c3ccccc3n4-c3ccccc3)ccc1n2-c1ccc(C2=NC(c3ccccc3)NC(c3ccccc3)N2)cc1. The number of aryl methyl sites for hydroxylation is 2. The fourth-order valence-corrected chi connectivity index (χ4v) is 9.08. The van der Waals surface area contributed by atoms with Crippen molar-refractivity contribution < 1.29 is 0 Å². The summed E-state index contributed by atoms with van der Waals surface area (Å²) in [6.45, 7) is 4.43. The molecule has 5 heteroatoms. The number of amidine groups is 1. The Kier molecular flexibility index (Phi) is 8.09. The number of nitrogens with zero attached hydrogens (tertiary/aromatic N) is 3. The van der Waals surface area contributed by atoms with Gasteiger partial charge in [0.1, 0.15) is 18.2 Å². The predicted molar refractivity (Wildman–Crippen MR) is 241 cm³/mol. The van der Waals surface area contributed by atoms with E-state index in [1.165, 1.54) is 77.1 Å². The van der Waals surface area contributed by atoms with Crippen LogP contribution < -0.4 is 10.6 Å². The van der Waals surface area contributed by atoms with Gasteiger partial charge in [-0.2, -0.15) is 0 Å². The lowest BCUT2D eigenvalue weighted by Crippen LogP contribution is -2.44. The lowest BCUT2D eigenvalue weighted by atomic mass is 10.00. The van der Waals surface area contributed by atoms with E-state index >= 15 is 0 Å². The van der Waals surface area contributed by atoms with Crippen LogP contribution in [0.15, 0.2) is 193 Å². The Bertz CT molecular complexity index is 3180. The second-order valence-corrected chi connectivity index (χ2v) is 15.5. The first kappa shape index (κ1) is 34.1. The zero-order valence-corrected chi connectivity index (χ0v) is 32.4. The lowest BCUT2D eigenvalue weighted by molar-refractivity contribution is 0.409. The number of aromatic nitrogens is 2. The number of fused-ring (bicyclic) bond motifs is 6. The van der Waals surface area contributed by atoms with E-state index in [0.29, 0.717) is 0 Å². The minimum atomic E-state index is -0.178. The van der Waals surface area contributed by atoms with E-state index in [2.05, 4.69) is 216 Å². The van der Waals surface area contributed by atoms with Crippen LogP contribution in [0.5, 0.6) is 0 Å². The van der Waals surface area contributed by atoms with Crippen molar-refractivity contribution in [2.75, 3.05) is 0 Å². The third-order valence-electron chi connectivity index (χ3n) is 11.7. The Balaban J connectivity index is 1.01. The molecule has 1 aliphatic heterocycles. The minimum Gasteiger partial charge on any atom is -0.350 e. The van der Waals surface area contributed by atoms with Crippen LogP contribution in [0.2, 0.25) is 0 Å². The molecule has 3 heterocycles. The van der Waals surface area contributed by atoms with E-state index in [-0.39, 0.29) is 12.3 Å². The molecule has 5 nitrogen and oxygen atoms in total. The zero-order valence-electron chi connectivity index (χ0n) is 32.4. The van der Waals surface area contributed by atoms with Gasteiger partial charge in [-0.1, -0.05) is 121 Å². The minimum absolute atomic E-state index is 0.0841. The van der Waals surface area contributed by atoms with Crippen LogP contribution in [0.1, 0.15) is 40.1 Å². The van der Waals surface area contributed by atoms with Crippen LogP contribution in [-0.2, 0) is 0 Å². The maximum Gasteiger partial charge on any atom is 0.131 e. The van der Waals surface area contributed by atoms with E-state index in [4.69, 9.17) is 4.99 Å². The summed E-state index contributed by atoms with van der Waals surface area (Å²) in [6, 6.07) is 67.8. The first-order valence-corrected chi connectivity index (χ1v) is 20.0. The molecule has 278 valence electrons. The van der Waals surface area contributed by atoms with Gasteiger partial charge in [-0.05, 0) is 114 Å². The molecule has 2 aromatic heterocycles. The molecule has 0 saturated carbocycles. The van der Waals surface area contributed by atoms with Crippen molar-refractivity contribution in [3.8, 4) is 22.5 Å². The molecular formula is C53H41N5. The van der Waals surface area contributed by atoms with Gasteiger partial charge in [0.05, 0.1) is 22.1 Å². The van der Waals surface area contributed by atoms with Gasteiger partial charge in [-0.25, -0.2) is 4.99 Å². The zero-order chi connectivity index (χ0) is 38.7. The molecule has 0 fully saturated rings. The van der Waals surface area contributed by atoms with Gasteiger partial charge in [0.15, 0.2) is 0 Å². The van der Waals surface area contributed by atoms with Crippen LogP contribution in [-0.4, -0.2) is 15.0 Å². The highest BCUT2D eigenvalue weighted by Gasteiger charge is 2.25. The fourth-order valence-electron chi connectivity index (χ4n) is 9.08. The average molecular weight is 748 g/mol. The van der Waals surface area contributed by atoms with Crippen molar-refractivity contribution in [2.24, 2.45) is 4.99 Å². The number of para-hydroxylation sites is 2. The van der Waals surface area contributed by atoms with Crippen molar-refractivity contribution in [1.82, 2.24) is 19.8 Å². The summed E-state index contributed by atoms with van der Waals surface area (Å²) in [5.74, 6) is 0.871. The molecule has 2 unspecified atom stereocenters. The van der Waals surface area contributed by atoms with Gasteiger partial charge in [0.2, 0.25) is 0 Å². The van der Waals surface area contributed by atoms with E-state index in [1.807, 2.05) is 6.07 Å². The number of nitrogens with one attached hydrogen (secondary N) is 2. The van der Waals surface area contributed by atoms with Crippen molar-refractivity contribution in [3.63, 3.8) is 0 Å². The highest BCUT2D eigenvalue weighted by molar-refractivity contribution is 6.13. The van der Waals surface area contributed by atoms with Gasteiger partial charge in [0, 0.05) is 38.5 Å². The fraction of sp³-hybridized carbons (Fsp3) is 0.0755. The van der Waals surface area contributed by atoms with Gasteiger partial charge >= 0.3 is 0 Å². The summed E-state index contributed by atoms with van der Waals surface area (Å²) in [4.78, 5) is 5.19. The van der Waals surface area contributed by atoms with E-state index in [1.54, 1.807) is 0 Å². The molecule has 0 spiro atoms. The third-order valence-corrected chi connectivity index (χ3v) is 11.7. The molecule has 0 saturated heterocycles. The Hall–Kier alpha value is -7.21. The maximum atomic E-state index is 5.19. The Morgan fingerprint density at radius 2 is 1.00 bits per heavy atom. The average Bonchev–Trinajstić information content (AvgIpc) is 3.79. The van der Waals surface area contributed by atoms with Crippen LogP contribution in [0.4, 0.5) is 0 Å². The molecule has 0 radical (unpaired) electrons. The van der Waals surface area contributed by atoms with Gasteiger partial charge in [-0.15, -0.1) is 0 Å². The molecule has 1 aliphatic rings. The second kappa shape index (κ2) is 13.8. The monoisotopic (exact) mass is 747 g/mol. The summed E-state index contributed by atoms with van der Waals surface area (Å²) in [5, 5.41) is 12.4. The van der Waals surface area contributed by atoms with Gasteiger partial charge in [0.25, 0.3) is 0 Å². The predicted octanol–water partition coefficient (Wildman–Crippen LogP) is 12.5. The number of hydrogen-bond donors (Lipinski definition) is 2. The van der Waals surface area contributed by atoms with Crippen molar-refractivity contribution in [2.45, 2.75) is 26.2 Å². The molecule has 0 amide bonds. The van der Waals surface area contributed by atoms with Gasteiger partial charge in [-0.3, -0.25) is 5.32 Å². The topological polar surface area (TPSA) is 46.3 Å². The number of hydrogen-bond acceptors (Lipinski definition) is 3. The maximum absolute atomic E-state index is 5.19. The van der Waals surface area contributed by atoms with Crippen LogP contribution in [0.3, 0.4) is 0 Å². The van der Waals surface area contributed by atoms with Crippen molar-refractivity contribution in [1.29, 1.82) is 0 Å². The van der Waals surface area contributed by atoms with E-state index in [9.17, 15) is 0 Å². The smallest absolute Gasteiger partial charge is 0.131 e. The molecule has 58 heavy (non-hydrogen) atoms. The third kappa shape index (κ3) is 5.70. The Morgan fingerprint density at radius 3 is 1.71 bits per heavy atom. The van der Waals surface area contributed by atoms with Gasteiger partial charge < -0.3 is 14.5 Å². The number of aliphatic imine (C=N–C) groups is 1. The Labute approximate surface area is 337 Å². The molecular weight excluding hydrogens is 707 g/mol. The normalized spacial score (nSPS) is 15.6. The highest BCUT2D eigenvalue weighted by Crippen LogP contribution is 2.39. The van der Waals surface area contributed by atoms with Crippen LogP contribution in [0, 0.1) is 13.8 Å². The van der Waals surface area contributed by atoms with Crippen LogP contribution in [0.25, 0.3) is 66.1 Å². The molecule has 0 bridgehead atoms. The summed E-state index contributed by atoms with van der Waals surface area (Å²) in [5.41, 5.74) is 15.4. The molecule has 11 rings (SSSR count). The van der Waals surface area contributed by atoms with Crippen molar-refractivity contribution in [3.05, 3.63) is 216 Å². The second-order valence-electron chi connectivity index (χ2n) is 15.5. The van der Waals surface area contributed by atoms with E-state index in [0.717, 1.165) is 22.6 Å². The molecule has 0 aliphatic carbocycles. The lowest BCUT2D eigenvalue weighted by Gasteiger charge is -2.32. The first-order valence-electron chi connectivity index (χ1n) is 20.0. The highest BCUT2D eigenvalue weighted by atomic mass is 15.3. The summed E-state index contributed by atoms with van der Waals surface area (Å²) < 4.78 is 4.81. The number of rotatable bonds is 6. The summed E-state index contributed by atoms with van der Waals surface area (Å²) >= 11 is 0. The quantitative estimate of drug-likeness (QED) is 0.178.